The number of carbonyl (C=O) groups excluding carboxylic acids is 2. The van der Waals surface area contributed by atoms with Crippen molar-refractivity contribution in [3.05, 3.63) is 74.1 Å². The molecule has 0 aliphatic rings. The van der Waals surface area contributed by atoms with Crippen molar-refractivity contribution in [3.8, 4) is 0 Å². The van der Waals surface area contributed by atoms with Crippen molar-refractivity contribution in [2.24, 2.45) is 0 Å². The van der Waals surface area contributed by atoms with Crippen molar-refractivity contribution in [2.75, 3.05) is 11.9 Å². The highest BCUT2D eigenvalue weighted by Crippen LogP contribution is 2.26. The van der Waals surface area contributed by atoms with Gasteiger partial charge in [0, 0.05) is 15.4 Å². The topological polar surface area (TPSA) is 55.4 Å². The van der Waals surface area contributed by atoms with E-state index in [0.717, 1.165) is 39.4 Å². The van der Waals surface area contributed by atoms with Crippen molar-refractivity contribution < 1.29 is 14.3 Å². The lowest BCUT2D eigenvalue weighted by Crippen LogP contribution is -2.22. The van der Waals surface area contributed by atoms with E-state index in [0.29, 0.717) is 5.57 Å². The number of nitrogens with one attached hydrogen (secondary N) is 1. The Morgan fingerprint density at radius 1 is 0.966 bits per heavy atom. The predicted molar refractivity (Wildman–Crippen MR) is 121 cm³/mol. The summed E-state index contributed by atoms with van der Waals surface area (Å²) in [7, 11) is 0. The molecule has 0 bridgehead atoms. The third kappa shape index (κ3) is 5.43. The van der Waals surface area contributed by atoms with E-state index in [1.165, 1.54) is 11.3 Å². The summed E-state index contributed by atoms with van der Waals surface area (Å²) in [4.78, 5) is 27.0. The van der Waals surface area contributed by atoms with Gasteiger partial charge in [-0.1, -0.05) is 44.2 Å². The summed E-state index contributed by atoms with van der Waals surface area (Å²) in [5.41, 5.74) is 3.42. The summed E-state index contributed by atoms with van der Waals surface area (Å²) in [6.45, 7) is 3.77. The van der Waals surface area contributed by atoms with E-state index in [1.54, 1.807) is 17.4 Å². The molecule has 0 radical (unpaired) electrons. The fraction of sp³-hybridized carbons (Fsp3) is 0.217. The first-order chi connectivity index (χ1) is 14.1. The minimum Gasteiger partial charge on any atom is -0.452 e. The van der Waals surface area contributed by atoms with Crippen molar-refractivity contribution in [1.29, 1.82) is 0 Å². The molecule has 2 heterocycles. The molecule has 150 valence electrons. The van der Waals surface area contributed by atoms with Crippen LogP contribution in [-0.2, 0) is 27.2 Å². The zero-order valence-electron chi connectivity index (χ0n) is 16.4. The third-order valence-electron chi connectivity index (χ3n) is 4.43. The summed E-state index contributed by atoms with van der Waals surface area (Å²) in [5.74, 6) is -0.842. The second kappa shape index (κ2) is 10.2. The van der Waals surface area contributed by atoms with Gasteiger partial charge in [-0.25, -0.2) is 4.79 Å². The third-order valence-corrected chi connectivity index (χ3v) is 6.16. The monoisotopic (exact) mass is 425 g/mol. The maximum Gasteiger partial charge on any atom is 0.340 e. The molecule has 0 atom stereocenters. The molecule has 3 rings (SSSR count). The van der Waals surface area contributed by atoms with Gasteiger partial charge in [0.15, 0.2) is 6.61 Å². The van der Waals surface area contributed by atoms with Gasteiger partial charge < -0.3 is 10.1 Å². The molecule has 0 saturated carbocycles. The average molecular weight is 426 g/mol. The molecule has 6 heteroatoms. The molecule has 0 aliphatic carbocycles. The van der Waals surface area contributed by atoms with Gasteiger partial charge in [-0.05, 0) is 52.9 Å². The van der Waals surface area contributed by atoms with Crippen LogP contribution < -0.4 is 5.32 Å². The van der Waals surface area contributed by atoms with Gasteiger partial charge in [-0.3, -0.25) is 4.79 Å². The van der Waals surface area contributed by atoms with Crippen LogP contribution in [0.1, 0.15) is 34.7 Å². The second-order valence-electron chi connectivity index (χ2n) is 6.33. The highest BCUT2D eigenvalue weighted by molar-refractivity contribution is 7.12. The van der Waals surface area contributed by atoms with E-state index in [1.807, 2.05) is 67.1 Å². The number of para-hydroxylation sites is 1. The predicted octanol–water partition coefficient (Wildman–Crippen LogP) is 5.66. The van der Waals surface area contributed by atoms with Crippen LogP contribution in [0.2, 0.25) is 0 Å². The maximum atomic E-state index is 12.7. The zero-order chi connectivity index (χ0) is 20.6. The van der Waals surface area contributed by atoms with Crippen molar-refractivity contribution >= 4 is 51.9 Å². The van der Waals surface area contributed by atoms with Crippen molar-refractivity contribution in [1.82, 2.24) is 0 Å². The Bertz CT molecular complexity index is 967. The van der Waals surface area contributed by atoms with Crippen molar-refractivity contribution in [2.45, 2.75) is 26.7 Å². The molecule has 29 heavy (non-hydrogen) atoms. The average Bonchev–Trinajstić information content (AvgIpc) is 3.44. The molecular weight excluding hydrogens is 402 g/mol. The molecule has 0 saturated heterocycles. The van der Waals surface area contributed by atoms with Crippen LogP contribution in [0.15, 0.2) is 53.2 Å². The smallest absolute Gasteiger partial charge is 0.340 e. The minimum absolute atomic E-state index is 0.326. The van der Waals surface area contributed by atoms with Gasteiger partial charge in [0.1, 0.15) is 0 Å². The zero-order valence-corrected chi connectivity index (χ0v) is 18.1. The minimum atomic E-state index is -0.504. The van der Waals surface area contributed by atoms with Gasteiger partial charge in [0.25, 0.3) is 5.91 Å². The number of benzene rings is 1. The number of esters is 1. The Morgan fingerprint density at radius 3 is 2.24 bits per heavy atom. The Morgan fingerprint density at radius 2 is 1.66 bits per heavy atom. The summed E-state index contributed by atoms with van der Waals surface area (Å²) in [5, 5.41) is 6.78. The van der Waals surface area contributed by atoms with Crippen molar-refractivity contribution in [3.63, 3.8) is 0 Å². The first-order valence-electron chi connectivity index (χ1n) is 9.49. The van der Waals surface area contributed by atoms with Crippen LogP contribution in [0, 0.1) is 0 Å². The highest BCUT2D eigenvalue weighted by atomic mass is 32.1. The maximum absolute atomic E-state index is 12.7. The molecular formula is C23H23NO3S2. The van der Waals surface area contributed by atoms with E-state index in [4.69, 9.17) is 4.74 Å². The standard InChI is InChI=1S/C23H23NO3S2/c1-3-16-8-5-9-17(4-2)22(16)24-21(25)15-27-23(26)19(20-11-7-13-29-20)14-18-10-6-12-28-18/h5-14H,3-4,15H2,1-2H3,(H,24,25)/b19-14+. The van der Waals surface area contributed by atoms with Gasteiger partial charge in [0.2, 0.25) is 0 Å². The first-order valence-corrected chi connectivity index (χ1v) is 11.2. The van der Waals surface area contributed by atoms with E-state index >= 15 is 0 Å². The van der Waals surface area contributed by atoms with Crippen LogP contribution in [0.5, 0.6) is 0 Å². The molecule has 2 aromatic heterocycles. The molecule has 1 amide bonds. The van der Waals surface area contributed by atoms with Crippen LogP contribution in [0.4, 0.5) is 5.69 Å². The SMILES string of the molecule is CCc1cccc(CC)c1NC(=O)COC(=O)/C(=C/c1cccs1)c1cccs1. The number of aryl methyl sites for hydroxylation is 2. The molecule has 4 nitrogen and oxygen atoms in total. The number of amides is 1. The van der Waals surface area contributed by atoms with E-state index in [2.05, 4.69) is 5.32 Å². The Labute approximate surface area is 178 Å². The van der Waals surface area contributed by atoms with Crippen LogP contribution in [0.25, 0.3) is 11.6 Å². The lowest BCUT2D eigenvalue weighted by atomic mass is 10.0. The van der Waals surface area contributed by atoms with Gasteiger partial charge >= 0.3 is 5.97 Å². The fourth-order valence-electron chi connectivity index (χ4n) is 2.97. The number of ether oxygens (including phenoxy) is 1. The summed E-state index contributed by atoms with van der Waals surface area (Å²) >= 11 is 3.00. The van der Waals surface area contributed by atoms with E-state index < -0.39 is 5.97 Å². The largest absolute Gasteiger partial charge is 0.452 e. The quantitative estimate of drug-likeness (QED) is 0.374. The Kier molecular flexibility index (Phi) is 7.38. The number of anilines is 1. The van der Waals surface area contributed by atoms with E-state index in [9.17, 15) is 9.59 Å². The molecule has 1 N–H and O–H groups in total. The van der Waals surface area contributed by atoms with Crippen LogP contribution in [0.3, 0.4) is 0 Å². The fourth-order valence-corrected chi connectivity index (χ4v) is 4.35. The number of thiophene rings is 2. The number of rotatable bonds is 8. The Balaban J connectivity index is 1.70. The molecule has 0 aliphatic heterocycles. The van der Waals surface area contributed by atoms with E-state index in [-0.39, 0.29) is 12.5 Å². The van der Waals surface area contributed by atoms with Crippen LogP contribution >= 0.6 is 22.7 Å². The molecule has 1 aromatic carbocycles. The molecule has 0 fully saturated rings. The normalized spacial score (nSPS) is 11.3. The number of hydrogen-bond acceptors (Lipinski definition) is 5. The van der Waals surface area contributed by atoms with Gasteiger partial charge in [-0.15, -0.1) is 22.7 Å². The van der Waals surface area contributed by atoms with Gasteiger partial charge in [-0.2, -0.15) is 0 Å². The number of carbonyl (C=O) groups is 2. The summed E-state index contributed by atoms with van der Waals surface area (Å²) in [6.07, 6.45) is 3.43. The highest BCUT2D eigenvalue weighted by Gasteiger charge is 2.18. The second-order valence-corrected chi connectivity index (χ2v) is 8.26. The molecule has 0 spiro atoms. The van der Waals surface area contributed by atoms with Crippen LogP contribution in [-0.4, -0.2) is 18.5 Å². The lowest BCUT2D eigenvalue weighted by Gasteiger charge is -2.14. The summed E-state index contributed by atoms with van der Waals surface area (Å²) < 4.78 is 5.35. The molecule has 0 unspecified atom stereocenters. The Hall–Kier alpha value is -2.70. The van der Waals surface area contributed by atoms with Gasteiger partial charge in [0.05, 0.1) is 5.57 Å². The lowest BCUT2D eigenvalue weighted by molar-refractivity contribution is -0.141. The number of hydrogen-bond donors (Lipinski definition) is 1. The first kappa shape index (κ1) is 21.0. The summed E-state index contributed by atoms with van der Waals surface area (Å²) in [6, 6.07) is 13.6. The molecule has 3 aromatic rings.